The molecule has 0 aliphatic heterocycles. The summed E-state index contributed by atoms with van der Waals surface area (Å²) in [7, 11) is 0. The number of amides is 1. The molecule has 2 unspecified atom stereocenters. The van der Waals surface area contributed by atoms with E-state index in [-0.39, 0.29) is 11.4 Å². The van der Waals surface area contributed by atoms with Gasteiger partial charge in [0.1, 0.15) is 0 Å². The molecule has 4 fully saturated rings. The molecule has 20 heavy (non-hydrogen) atoms. The van der Waals surface area contributed by atoms with Crippen LogP contribution >= 0.6 is 0 Å². The molecule has 1 amide bonds. The lowest BCUT2D eigenvalue weighted by Gasteiger charge is -2.65. The lowest BCUT2D eigenvalue weighted by Crippen LogP contribution is -2.65. The van der Waals surface area contributed by atoms with Gasteiger partial charge in [-0.05, 0) is 68.2 Å². The molecule has 4 rings (SSSR count). The zero-order valence-electron chi connectivity index (χ0n) is 13.3. The molecule has 0 saturated heterocycles. The molecular weight excluding hydrogens is 248 g/mol. The van der Waals surface area contributed by atoms with Crippen LogP contribution in [0.5, 0.6) is 0 Å². The van der Waals surface area contributed by atoms with E-state index in [2.05, 4.69) is 31.4 Å². The minimum absolute atomic E-state index is 0.105. The number of hydrogen-bond donors (Lipinski definition) is 2. The largest absolute Gasteiger partial charge is 0.350 e. The molecule has 3 heteroatoms. The van der Waals surface area contributed by atoms with E-state index in [9.17, 15) is 4.79 Å². The minimum atomic E-state index is 0.105. The third-order valence-electron chi connectivity index (χ3n) is 5.74. The standard InChI is InChI=1S/C17H30N2O/c1-4-5-18-9-14(20)19-17-8-13-6-15(2,11-17)10-16(3,7-13)12-17/h13,18H,4-12H2,1-3H3,(H,19,20). The number of hydrogen-bond acceptors (Lipinski definition) is 2. The first-order chi connectivity index (χ1) is 9.36. The van der Waals surface area contributed by atoms with Crippen LogP contribution in [0.2, 0.25) is 0 Å². The third kappa shape index (κ3) is 2.61. The SMILES string of the molecule is CCCNCC(=O)NC12CC3CC(C)(CC(C)(C3)C1)C2. The lowest BCUT2D eigenvalue weighted by atomic mass is 9.43. The Bertz CT molecular complexity index is 388. The first-order valence-corrected chi connectivity index (χ1v) is 8.38. The van der Waals surface area contributed by atoms with Crippen molar-refractivity contribution < 1.29 is 4.79 Å². The second-order valence-corrected chi connectivity index (χ2v) is 8.64. The Balaban J connectivity index is 1.68. The molecule has 4 bridgehead atoms. The Kier molecular flexibility index (Phi) is 3.39. The van der Waals surface area contributed by atoms with Crippen molar-refractivity contribution in [1.29, 1.82) is 0 Å². The highest BCUT2D eigenvalue weighted by Crippen LogP contribution is 2.66. The molecule has 4 aliphatic carbocycles. The van der Waals surface area contributed by atoms with Crippen molar-refractivity contribution in [2.24, 2.45) is 16.7 Å². The molecule has 0 aromatic carbocycles. The maximum Gasteiger partial charge on any atom is 0.234 e. The Hall–Kier alpha value is -0.570. The highest BCUT2D eigenvalue weighted by Gasteiger charge is 2.60. The van der Waals surface area contributed by atoms with Crippen molar-refractivity contribution in [3.05, 3.63) is 0 Å². The second kappa shape index (κ2) is 4.72. The van der Waals surface area contributed by atoms with E-state index in [4.69, 9.17) is 0 Å². The van der Waals surface area contributed by atoms with Crippen LogP contribution < -0.4 is 10.6 Å². The summed E-state index contributed by atoms with van der Waals surface area (Å²) in [6, 6.07) is 0. The van der Waals surface area contributed by atoms with Gasteiger partial charge in [-0.15, -0.1) is 0 Å². The van der Waals surface area contributed by atoms with E-state index in [1.807, 2.05) is 0 Å². The predicted octanol–water partition coefficient (Wildman–Crippen LogP) is 2.85. The molecule has 4 saturated carbocycles. The van der Waals surface area contributed by atoms with E-state index in [1.165, 1.54) is 38.5 Å². The highest BCUT2D eigenvalue weighted by molar-refractivity contribution is 5.79. The van der Waals surface area contributed by atoms with Crippen molar-refractivity contribution in [2.45, 2.75) is 71.3 Å². The maximum absolute atomic E-state index is 12.2. The molecule has 2 atom stereocenters. The van der Waals surface area contributed by atoms with Crippen LogP contribution in [-0.2, 0) is 4.79 Å². The number of rotatable bonds is 5. The minimum Gasteiger partial charge on any atom is -0.350 e. The summed E-state index contributed by atoms with van der Waals surface area (Å²) in [6.45, 7) is 8.44. The van der Waals surface area contributed by atoms with E-state index in [0.717, 1.165) is 18.9 Å². The van der Waals surface area contributed by atoms with Gasteiger partial charge in [-0.2, -0.15) is 0 Å². The van der Waals surface area contributed by atoms with Crippen molar-refractivity contribution in [3.8, 4) is 0 Å². The van der Waals surface area contributed by atoms with Crippen LogP contribution in [0.25, 0.3) is 0 Å². The van der Waals surface area contributed by atoms with E-state index < -0.39 is 0 Å². The zero-order valence-corrected chi connectivity index (χ0v) is 13.3. The summed E-state index contributed by atoms with van der Waals surface area (Å²) in [5.74, 6) is 1.04. The van der Waals surface area contributed by atoms with Gasteiger partial charge in [0.05, 0.1) is 6.54 Å². The summed E-state index contributed by atoms with van der Waals surface area (Å²) in [5.41, 5.74) is 1.05. The number of carbonyl (C=O) groups is 1. The fourth-order valence-corrected chi connectivity index (χ4v) is 6.31. The van der Waals surface area contributed by atoms with Gasteiger partial charge in [0.25, 0.3) is 0 Å². The topological polar surface area (TPSA) is 41.1 Å². The van der Waals surface area contributed by atoms with Crippen LogP contribution in [0, 0.1) is 16.7 Å². The predicted molar refractivity (Wildman–Crippen MR) is 81.4 cm³/mol. The molecule has 4 aliphatic rings. The molecule has 0 spiro atoms. The number of nitrogens with one attached hydrogen (secondary N) is 2. The maximum atomic E-state index is 12.2. The Morgan fingerprint density at radius 1 is 1.10 bits per heavy atom. The average molecular weight is 278 g/mol. The molecule has 0 aromatic rings. The molecular formula is C17H30N2O. The van der Waals surface area contributed by atoms with Crippen LogP contribution in [-0.4, -0.2) is 24.5 Å². The van der Waals surface area contributed by atoms with Gasteiger partial charge in [0.2, 0.25) is 5.91 Å². The van der Waals surface area contributed by atoms with Gasteiger partial charge in [-0.25, -0.2) is 0 Å². The van der Waals surface area contributed by atoms with Crippen molar-refractivity contribution in [1.82, 2.24) is 10.6 Å². The van der Waals surface area contributed by atoms with Crippen LogP contribution in [0.4, 0.5) is 0 Å². The van der Waals surface area contributed by atoms with Gasteiger partial charge in [-0.1, -0.05) is 20.8 Å². The number of carbonyl (C=O) groups excluding carboxylic acids is 1. The van der Waals surface area contributed by atoms with Crippen molar-refractivity contribution >= 4 is 5.91 Å². The van der Waals surface area contributed by atoms with E-state index in [0.29, 0.717) is 17.4 Å². The highest BCUT2D eigenvalue weighted by atomic mass is 16.2. The van der Waals surface area contributed by atoms with Crippen molar-refractivity contribution in [3.63, 3.8) is 0 Å². The Morgan fingerprint density at radius 3 is 2.30 bits per heavy atom. The van der Waals surface area contributed by atoms with Crippen molar-refractivity contribution in [2.75, 3.05) is 13.1 Å². The second-order valence-electron chi connectivity index (χ2n) is 8.64. The normalized spacial score (nSPS) is 45.6. The van der Waals surface area contributed by atoms with Gasteiger partial charge in [0, 0.05) is 5.54 Å². The molecule has 0 heterocycles. The van der Waals surface area contributed by atoms with Gasteiger partial charge < -0.3 is 10.6 Å². The summed E-state index contributed by atoms with van der Waals surface area (Å²) >= 11 is 0. The summed E-state index contributed by atoms with van der Waals surface area (Å²) < 4.78 is 0. The zero-order chi connectivity index (χ0) is 14.4. The third-order valence-corrected chi connectivity index (χ3v) is 5.74. The van der Waals surface area contributed by atoms with Gasteiger partial charge >= 0.3 is 0 Å². The van der Waals surface area contributed by atoms with Crippen LogP contribution in [0.15, 0.2) is 0 Å². The Morgan fingerprint density at radius 2 is 1.75 bits per heavy atom. The first-order valence-electron chi connectivity index (χ1n) is 8.38. The molecule has 0 aromatic heterocycles. The summed E-state index contributed by atoms with van der Waals surface area (Å²) in [4.78, 5) is 12.2. The summed E-state index contributed by atoms with van der Waals surface area (Å²) in [6.07, 6.45) is 8.83. The molecule has 0 radical (unpaired) electrons. The summed E-state index contributed by atoms with van der Waals surface area (Å²) in [5, 5.41) is 6.66. The monoisotopic (exact) mass is 278 g/mol. The average Bonchev–Trinajstić information content (AvgIpc) is 2.22. The molecule has 2 N–H and O–H groups in total. The Labute approximate surface area is 123 Å². The van der Waals surface area contributed by atoms with E-state index in [1.54, 1.807) is 0 Å². The lowest BCUT2D eigenvalue weighted by molar-refractivity contribution is -0.139. The van der Waals surface area contributed by atoms with Gasteiger partial charge in [-0.3, -0.25) is 4.79 Å². The fourth-order valence-electron chi connectivity index (χ4n) is 6.31. The smallest absolute Gasteiger partial charge is 0.234 e. The molecule has 114 valence electrons. The first kappa shape index (κ1) is 14.4. The van der Waals surface area contributed by atoms with Gasteiger partial charge in [0.15, 0.2) is 0 Å². The van der Waals surface area contributed by atoms with Crippen LogP contribution in [0.1, 0.15) is 65.7 Å². The quantitative estimate of drug-likeness (QED) is 0.759. The van der Waals surface area contributed by atoms with E-state index >= 15 is 0 Å². The van der Waals surface area contributed by atoms with Crippen LogP contribution in [0.3, 0.4) is 0 Å². The fraction of sp³-hybridized carbons (Fsp3) is 0.941. The molecule has 3 nitrogen and oxygen atoms in total.